The minimum Gasteiger partial charge on any atom is -0.439 e. The maximum atomic E-state index is 11.1. The van der Waals surface area contributed by atoms with Crippen LogP contribution >= 0.6 is 0 Å². The highest BCUT2D eigenvalue weighted by Gasteiger charge is 2.38. The van der Waals surface area contributed by atoms with Gasteiger partial charge in [0.15, 0.2) is 0 Å². The lowest BCUT2D eigenvalue weighted by Gasteiger charge is -2.25. The first-order valence-electron chi connectivity index (χ1n) is 4.89. The van der Waals surface area contributed by atoms with Crippen molar-refractivity contribution in [1.29, 1.82) is 0 Å². The Labute approximate surface area is 82.1 Å². The van der Waals surface area contributed by atoms with Crippen LogP contribution in [0.15, 0.2) is 24.3 Å². The van der Waals surface area contributed by atoms with Crippen LogP contribution in [0, 0.1) is 0 Å². The van der Waals surface area contributed by atoms with Gasteiger partial charge in [0.25, 0.3) is 0 Å². The molecule has 0 bridgehead atoms. The van der Waals surface area contributed by atoms with Crippen molar-refractivity contribution in [2.24, 2.45) is 0 Å². The lowest BCUT2D eigenvalue weighted by Crippen LogP contribution is -2.31. The Kier molecular flexibility index (Phi) is 1.54. The second-order valence-corrected chi connectivity index (χ2v) is 3.81. The van der Waals surface area contributed by atoms with E-state index in [0.29, 0.717) is 0 Å². The standard InChI is InChI=1S/C11H11NO2/c13-11-12-9-6-5-7-3-1-2-4-8(7)10(9)14-11/h1-4,9-10H,5-6H2,(H,12,13)/t9-,10-/m1/s1. The summed E-state index contributed by atoms with van der Waals surface area (Å²) < 4.78 is 5.24. The number of fused-ring (bicyclic) bond motifs is 3. The first kappa shape index (κ1) is 7.85. The van der Waals surface area contributed by atoms with Crippen LogP contribution < -0.4 is 5.32 Å². The monoisotopic (exact) mass is 189 g/mol. The first-order chi connectivity index (χ1) is 6.84. The molecular formula is C11H11NO2. The van der Waals surface area contributed by atoms with Gasteiger partial charge < -0.3 is 10.1 Å². The number of nitrogens with one attached hydrogen (secondary N) is 1. The molecule has 0 unspecified atom stereocenters. The van der Waals surface area contributed by atoms with E-state index in [1.54, 1.807) is 0 Å². The van der Waals surface area contributed by atoms with Gasteiger partial charge in [-0.25, -0.2) is 4.79 Å². The molecule has 1 N–H and O–H groups in total. The second kappa shape index (κ2) is 2.74. The zero-order valence-electron chi connectivity index (χ0n) is 7.69. The third kappa shape index (κ3) is 1.02. The molecule has 1 aliphatic heterocycles. The van der Waals surface area contributed by atoms with Crippen LogP contribution in [0.3, 0.4) is 0 Å². The second-order valence-electron chi connectivity index (χ2n) is 3.81. The lowest BCUT2D eigenvalue weighted by molar-refractivity contribution is 0.127. The molecule has 3 rings (SSSR count). The summed E-state index contributed by atoms with van der Waals surface area (Å²) >= 11 is 0. The van der Waals surface area contributed by atoms with Crippen LogP contribution in [0.4, 0.5) is 4.79 Å². The molecule has 1 heterocycles. The summed E-state index contributed by atoms with van der Waals surface area (Å²) in [5, 5.41) is 2.84. The Morgan fingerprint density at radius 2 is 2.21 bits per heavy atom. The summed E-state index contributed by atoms with van der Waals surface area (Å²) in [6.45, 7) is 0. The van der Waals surface area contributed by atoms with E-state index in [9.17, 15) is 4.79 Å². The quantitative estimate of drug-likeness (QED) is 0.675. The molecule has 0 spiro atoms. The van der Waals surface area contributed by atoms with Crippen LogP contribution in [0.25, 0.3) is 0 Å². The molecule has 1 aromatic carbocycles. The number of benzene rings is 1. The van der Waals surface area contributed by atoms with E-state index in [1.165, 1.54) is 11.1 Å². The van der Waals surface area contributed by atoms with Gasteiger partial charge in [-0.1, -0.05) is 24.3 Å². The average molecular weight is 189 g/mol. The number of hydrogen-bond acceptors (Lipinski definition) is 2. The molecule has 3 heteroatoms. The Balaban J connectivity index is 2.05. The lowest BCUT2D eigenvalue weighted by atomic mass is 9.86. The Hall–Kier alpha value is -1.51. The minimum absolute atomic E-state index is 0.0625. The summed E-state index contributed by atoms with van der Waals surface area (Å²) in [6, 6.07) is 8.36. The largest absolute Gasteiger partial charge is 0.439 e. The molecular weight excluding hydrogens is 178 g/mol. The third-order valence-electron chi connectivity index (χ3n) is 2.99. The highest BCUT2D eigenvalue weighted by atomic mass is 16.6. The number of hydrogen-bond donors (Lipinski definition) is 1. The molecule has 1 fully saturated rings. The van der Waals surface area contributed by atoms with Crippen LogP contribution in [0.5, 0.6) is 0 Å². The summed E-state index contributed by atoms with van der Waals surface area (Å²) in [5.74, 6) is 0. The van der Waals surface area contributed by atoms with Gasteiger partial charge in [-0.05, 0) is 24.0 Å². The zero-order valence-corrected chi connectivity index (χ0v) is 7.69. The van der Waals surface area contributed by atoms with E-state index in [-0.39, 0.29) is 18.2 Å². The van der Waals surface area contributed by atoms with E-state index in [1.807, 2.05) is 18.2 Å². The maximum absolute atomic E-state index is 11.1. The topological polar surface area (TPSA) is 38.3 Å². The van der Waals surface area contributed by atoms with Crippen molar-refractivity contribution in [3.05, 3.63) is 35.4 Å². The fourth-order valence-corrected chi connectivity index (χ4v) is 2.31. The molecule has 1 aromatic rings. The van der Waals surface area contributed by atoms with E-state index >= 15 is 0 Å². The Morgan fingerprint density at radius 1 is 1.36 bits per heavy atom. The molecule has 2 aliphatic rings. The number of carbonyl (C=O) groups is 1. The van der Waals surface area contributed by atoms with Crippen LogP contribution in [0.2, 0.25) is 0 Å². The maximum Gasteiger partial charge on any atom is 0.408 e. The molecule has 14 heavy (non-hydrogen) atoms. The van der Waals surface area contributed by atoms with Crippen molar-refractivity contribution in [1.82, 2.24) is 5.32 Å². The molecule has 3 nitrogen and oxygen atoms in total. The molecule has 1 aliphatic carbocycles. The fourth-order valence-electron chi connectivity index (χ4n) is 2.31. The average Bonchev–Trinajstić information content (AvgIpc) is 2.59. The predicted molar refractivity (Wildman–Crippen MR) is 50.9 cm³/mol. The number of carbonyl (C=O) groups excluding carboxylic acids is 1. The van der Waals surface area contributed by atoms with Crippen LogP contribution in [0.1, 0.15) is 23.7 Å². The molecule has 1 amide bonds. The first-order valence-corrected chi connectivity index (χ1v) is 4.89. The Bertz CT molecular complexity index is 389. The van der Waals surface area contributed by atoms with Crippen molar-refractivity contribution >= 4 is 6.09 Å². The van der Waals surface area contributed by atoms with Gasteiger partial charge in [0.1, 0.15) is 6.10 Å². The van der Waals surface area contributed by atoms with Crippen molar-refractivity contribution in [2.45, 2.75) is 25.0 Å². The van der Waals surface area contributed by atoms with Gasteiger partial charge in [0.05, 0.1) is 6.04 Å². The summed E-state index contributed by atoms with van der Waals surface area (Å²) in [5.41, 5.74) is 2.48. The molecule has 2 atom stereocenters. The molecule has 0 saturated carbocycles. The normalized spacial score (nSPS) is 28.7. The van der Waals surface area contributed by atoms with Gasteiger partial charge in [0, 0.05) is 0 Å². The zero-order chi connectivity index (χ0) is 9.54. The summed E-state index contributed by atoms with van der Waals surface area (Å²) in [6.07, 6.45) is 1.66. The number of aryl methyl sites for hydroxylation is 1. The number of amides is 1. The predicted octanol–water partition coefficient (Wildman–Crippen LogP) is 1.78. The van der Waals surface area contributed by atoms with Gasteiger partial charge in [-0.3, -0.25) is 0 Å². The van der Waals surface area contributed by atoms with Gasteiger partial charge in [0.2, 0.25) is 0 Å². The van der Waals surface area contributed by atoms with E-state index in [4.69, 9.17) is 4.74 Å². The Morgan fingerprint density at radius 3 is 3.14 bits per heavy atom. The van der Waals surface area contributed by atoms with E-state index in [0.717, 1.165) is 12.8 Å². The van der Waals surface area contributed by atoms with Crippen molar-refractivity contribution in [3.8, 4) is 0 Å². The molecule has 1 saturated heterocycles. The van der Waals surface area contributed by atoms with E-state index in [2.05, 4.69) is 11.4 Å². The highest BCUT2D eigenvalue weighted by molar-refractivity contribution is 5.71. The van der Waals surface area contributed by atoms with Crippen LogP contribution in [-0.2, 0) is 11.2 Å². The third-order valence-corrected chi connectivity index (χ3v) is 2.99. The minimum atomic E-state index is -0.281. The number of rotatable bonds is 0. The highest BCUT2D eigenvalue weighted by Crippen LogP contribution is 2.35. The smallest absolute Gasteiger partial charge is 0.408 e. The molecule has 0 radical (unpaired) electrons. The van der Waals surface area contributed by atoms with Crippen molar-refractivity contribution in [3.63, 3.8) is 0 Å². The van der Waals surface area contributed by atoms with Gasteiger partial charge >= 0.3 is 6.09 Å². The van der Waals surface area contributed by atoms with E-state index < -0.39 is 0 Å². The van der Waals surface area contributed by atoms with Crippen molar-refractivity contribution < 1.29 is 9.53 Å². The molecule has 0 aromatic heterocycles. The van der Waals surface area contributed by atoms with Gasteiger partial charge in [-0.15, -0.1) is 0 Å². The molecule has 72 valence electrons. The summed E-state index contributed by atoms with van der Waals surface area (Å²) in [7, 11) is 0. The summed E-state index contributed by atoms with van der Waals surface area (Å²) in [4.78, 5) is 11.1. The van der Waals surface area contributed by atoms with Crippen molar-refractivity contribution in [2.75, 3.05) is 0 Å². The number of alkyl carbamates (subject to hydrolysis) is 1. The number of ether oxygens (including phenoxy) is 1. The fraction of sp³-hybridized carbons (Fsp3) is 0.364. The van der Waals surface area contributed by atoms with Gasteiger partial charge in [-0.2, -0.15) is 0 Å². The SMILES string of the molecule is O=C1N[C@@H]2CCc3ccccc3[C@H]2O1. The van der Waals surface area contributed by atoms with Crippen LogP contribution in [-0.4, -0.2) is 12.1 Å².